The molecule has 0 unspecified atom stereocenters. The van der Waals surface area contributed by atoms with Gasteiger partial charge in [0.2, 0.25) is 5.91 Å². The Balaban J connectivity index is 1.73. The smallest absolute Gasteiger partial charge is 0.361 e. The molecule has 0 saturated heterocycles. The number of nitrogens with one attached hydrogen (secondary N) is 1. The fraction of sp³-hybridized carbons (Fsp3) is 0.278. The third kappa shape index (κ3) is 4.56. The molecule has 0 bridgehead atoms. The summed E-state index contributed by atoms with van der Waals surface area (Å²) in [7, 11) is 0. The van der Waals surface area contributed by atoms with Crippen molar-refractivity contribution < 1.29 is 22.5 Å². The Labute approximate surface area is 163 Å². The number of halogens is 3. The molecule has 3 aromatic rings. The highest BCUT2D eigenvalue weighted by molar-refractivity contribution is 7.99. The van der Waals surface area contributed by atoms with E-state index < -0.39 is 17.6 Å². The Bertz CT molecular complexity index is 948. The van der Waals surface area contributed by atoms with Crippen LogP contribution in [0, 0.1) is 13.8 Å². The van der Waals surface area contributed by atoms with Crippen LogP contribution in [-0.4, -0.2) is 26.6 Å². The molecule has 6 nitrogen and oxygen atoms in total. The van der Waals surface area contributed by atoms with Crippen molar-refractivity contribution in [2.24, 2.45) is 0 Å². The summed E-state index contributed by atoms with van der Waals surface area (Å²) in [5.41, 5.74) is 1.21. The minimum Gasteiger partial charge on any atom is -0.361 e. The second-order valence-electron chi connectivity index (χ2n) is 6.02. The fourth-order valence-electron chi connectivity index (χ4n) is 2.56. The highest BCUT2D eigenvalue weighted by Crippen LogP contribution is 2.33. The predicted molar refractivity (Wildman–Crippen MR) is 99.3 cm³/mol. The van der Waals surface area contributed by atoms with Gasteiger partial charge in [0.25, 0.3) is 0 Å². The van der Waals surface area contributed by atoms with Crippen molar-refractivity contribution in [1.82, 2.24) is 14.9 Å². The molecule has 148 valence electrons. The lowest BCUT2D eigenvalue weighted by Gasteiger charge is -2.14. The van der Waals surface area contributed by atoms with Gasteiger partial charge < -0.3 is 9.84 Å². The summed E-state index contributed by atoms with van der Waals surface area (Å²) in [4.78, 5) is 12.3. The van der Waals surface area contributed by atoms with Crippen molar-refractivity contribution in [3.63, 3.8) is 0 Å². The summed E-state index contributed by atoms with van der Waals surface area (Å²) in [6, 6.07) is 4.79. The van der Waals surface area contributed by atoms with E-state index in [9.17, 15) is 18.0 Å². The molecular formula is C18H17F3N4O2S. The number of aromatic nitrogens is 3. The maximum Gasteiger partial charge on any atom is 0.416 e. The molecule has 2 heterocycles. The molecular weight excluding hydrogens is 393 g/mol. The monoisotopic (exact) mass is 410 g/mol. The molecule has 0 saturated carbocycles. The standard InChI is InChI=1S/C18H17F3N4O2S/c1-11-14(12(2)27-24-11)9-28-10-17(26)23-15-8-13(18(19,20)21)4-5-16(15)25-7-3-6-22-25/h3-8H,9-10H2,1-2H3,(H,23,26). The van der Waals surface area contributed by atoms with Gasteiger partial charge >= 0.3 is 6.18 Å². The SMILES string of the molecule is Cc1noc(C)c1CSCC(=O)Nc1cc(C(F)(F)F)ccc1-n1cccn1. The van der Waals surface area contributed by atoms with Crippen LogP contribution in [-0.2, 0) is 16.7 Å². The summed E-state index contributed by atoms with van der Waals surface area (Å²) >= 11 is 1.32. The lowest BCUT2D eigenvalue weighted by atomic mass is 10.1. The Morgan fingerprint density at radius 1 is 1.32 bits per heavy atom. The first kappa shape index (κ1) is 20.0. The maximum atomic E-state index is 13.1. The van der Waals surface area contributed by atoms with E-state index in [0.29, 0.717) is 17.2 Å². The van der Waals surface area contributed by atoms with Crippen LogP contribution in [0.5, 0.6) is 0 Å². The molecule has 0 aliphatic rings. The fourth-order valence-corrected chi connectivity index (χ4v) is 3.54. The van der Waals surface area contributed by atoms with Gasteiger partial charge in [-0.1, -0.05) is 5.16 Å². The molecule has 2 aromatic heterocycles. The second kappa shape index (κ2) is 8.09. The molecule has 10 heteroatoms. The molecule has 1 amide bonds. The van der Waals surface area contributed by atoms with E-state index in [-0.39, 0.29) is 11.4 Å². The normalized spacial score (nSPS) is 11.6. The number of thioether (sulfide) groups is 1. The summed E-state index contributed by atoms with van der Waals surface area (Å²) < 4.78 is 45.6. The zero-order valence-electron chi connectivity index (χ0n) is 15.1. The van der Waals surface area contributed by atoms with Crippen molar-refractivity contribution in [2.75, 3.05) is 11.1 Å². The topological polar surface area (TPSA) is 73.0 Å². The number of hydrogen-bond donors (Lipinski definition) is 1. The first-order chi connectivity index (χ1) is 13.3. The van der Waals surface area contributed by atoms with Crippen molar-refractivity contribution >= 4 is 23.4 Å². The molecule has 0 radical (unpaired) electrons. The third-order valence-corrected chi connectivity index (χ3v) is 4.97. The number of carbonyl (C=O) groups excluding carboxylic acids is 1. The van der Waals surface area contributed by atoms with Crippen LogP contribution in [0.25, 0.3) is 5.69 Å². The predicted octanol–water partition coefficient (Wildman–Crippen LogP) is 4.37. The van der Waals surface area contributed by atoms with Crippen molar-refractivity contribution in [2.45, 2.75) is 25.8 Å². The summed E-state index contributed by atoms with van der Waals surface area (Å²) in [5, 5.41) is 10.4. The quantitative estimate of drug-likeness (QED) is 0.653. The number of hydrogen-bond acceptors (Lipinski definition) is 5. The van der Waals surface area contributed by atoms with Gasteiger partial charge in [0.05, 0.1) is 28.4 Å². The largest absolute Gasteiger partial charge is 0.416 e. The number of amides is 1. The first-order valence-corrected chi connectivity index (χ1v) is 9.42. The third-order valence-electron chi connectivity index (χ3n) is 4.01. The number of carbonyl (C=O) groups is 1. The van der Waals surface area contributed by atoms with Gasteiger partial charge in [0, 0.05) is 23.7 Å². The number of benzene rings is 1. The van der Waals surface area contributed by atoms with Crippen LogP contribution in [0.1, 0.15) is 22.6 Å². The lowest BCUT2D eigenvalue weighted by molar-refractivity contribution is -0.137. The van der Waals surface area contributed by atoms with Crippen LogP contribution >= 0.6 is 11.8 Å². The van der Waals surface area contributed by atoms with E-state index in [4.69, 9.17) is 4.52 Å². The van der Waals surface area contributed by atoms with Crippen LogP contribution in [0.3, 0.4) is 0 Å². The number of alkyl halides is 3. The van der Waals surface area contributed by atoms with E-state index in [1.165, 1.54) is 28.7 Å². The number of rotatable bonds is 6. The molecule has 0 spiro atoms. The minimum atomic E-state index is -4.51. The van der Waals surface area contributed by atoms with Gasteiger partial charge in [-0.15, -0.1) is 11.8 Å². The number of aryl methyl sites for hydroxylation is 2. The zero-order valence-corrected chi connectivity index (χ0v) is 15.9. The molecule has 0 fully saturated rings. The van der Waals surface area contributed by atoms with E-state index in [2.05, 4.69) is 15.6 Å². The van der Waals surface area contributed by atoms with Crippen LogP contribution < -0.4 is 5.32 Å². The molecule has 1 N–H and O–H groups in total. The van der Waals surface area contributed by atoms with Crippen LogP contribution in [0.4, 0.5) is 18.9 Å². The van der Waals surface area contributed by atoms with Gasteiger partial charge in [0.15, 0.2) is 0 Å². The van der Waals surface area contributed by atoms with E-state index in [0.717, 1.165) is 23.4 Å². The molecule has 3 rings (SSSR count). The summed E-state index contributed by atoms with van der Waals surface area (Å²) in [5.74, 6) is 0.857. The van der Waals surface area contributed by atoms with Crippen molar-refractivity contribution in [1.29, 1.82) is 0 Å². The minimum absolute atomic E-state index is 0.0430. The van der Waals surface area contributed by atoms with Gasteiger partial charge in [-0.2, -0.15) is 18.3 Å². The van der Waals surface area contributed by atoms with Crippen LogP contribution in [0.2, 0.25) is 0 Å². The highest BCUT2D eigenvalue weighted by Gasteiger charge is 2.31. The van der Waals surface area contributed by atoms with Gasteiger partial charge in [-0.3, -0.25) is 4.79 Å². The number of nitrogens with zero attached hydrogens (tertiary/aromatic N) is 3. The highest BCUT2D eigenvalue weighted by atomic mass is 32.2. The van der Waals surface area contributed by atoms with Crippen LogP contribution in [0.15, 0.2) is 41.2 Å². The molecule has 28 heavy (non-hydrogen) atoms. The number of anilines is 1. The summed E-state index contributed by atoms with van der Waals surface area (Å²) in [6.45, 7) is 3.60. The Hall–Kier alpha value is -2.75. The van der Waals surface area contributed by atoms with Crippen molar-refractivity contribution in [3.8, 4) is 5.69 Å². The lowest BCUT2D eigenvalue weighted by Crippen LogP contribution is -2.17. The average Bonchev–Trinajstić information content (AvgIpc) is 3.26. The average molecular weight is 410 g/mol. The molecule has 0 aliphatic heterocycles. The molecule has 0 aliphatic carbocycles. The summed E-state index contributed by atoms with van der Waals surface area (Å²) in [6.07, 6.45) is -1.42. The molecule has 1 aromatic carbocycles. The first-order valence-electron chi connectivity index (χ1n) is 8.26. The van der Waals surface area contributed by atoms with Crippen molar-refractivity contribution in [3.05, 3.63) is 59.2 Å². The molecule has 0 atom stereocenters. The zero-order chi connectivity index (χ0) is 20.3. The van der Waals surface area contributed by atoms with Gasteiger partial charge in [0.1, 0.15) is 5.76 Å². The Kier molecular flexibility index (Phi) is 5.78. The van der Waals surface area contributed by atoms with E-state index in [1.807, 2.05) is 6.92 Å². The van der Waals surface area contributed by atoms with Gasteiger partial charge in [-0.05, 0) is 38.1 Å². The Morgan fingerprint density at radius 3 is 2.71 bits per heavy atom. The Morgan fingerprint density at radius 2 is 2.11 bits per heavy atom. The van der Waals surface area contributed by atoms with E-state index >= 15 is 0 Å². The second-order valence-corrected chi connectivity index (χ2v) is 7.01. The van der Waals surface area contributed by atoms with Gasteiger partial charge in [-0.25, -0.2) is 4.68 Å². The van der Waals surface area contributed by atoms with E-state index in [1.54, 1.807) is 19.2 Å². The maximum absolute atomic E-state index is 13.1.